The molecule has 1 fully saturated rings. The Balaban J connectivity index is 2.02. The molecular weight excluding hydrogens is 302 g/mol. The molecule has 0 aliphatic carbocycles. The summed E-state index contributed by atoms with van der Waals surface area (Å²) in [6.07, 6.45) is 0. The van der Waals surface area contributed by atoms with Crippen LogP contribution >= 0.6 is 15.9 Å². The first kappa shape index (κ1) is 15.0. The molecule has 0 bridgehead atoms. The third kappa shape index (κ3) is 4.02. The van der Waals surface area contributed by atoms with Crippen LogP contribution in [0.4, 0.5) is 0 Å². The highest BCUT2D eigenvalue weighted by atomic mass is 79.9. The molecule has 0 radical (unpaired) electrons. The molecule has 0 saturated carbocycles. The van der Waals surface area contributed by atoms with E-state index in [1.54, 1.807) is 0 Å². The molecule has 0 aromatic heterocycles. The second kappa shape index (κ2) is 6.84. The fourth-order valence-electron chi connectivity index (χ4n) is 2.66. The van der Waals surface area contributed by atoms with Crippen LogP contribution in [0.1, 0.15) is 18.1 Å². The normalized spacial score (nSPS) is 21.8. The summed E-state index contributed by atoms with van der Waals surface area (Å²) < 4.78 is 1.23. The van der Waals surface area contributed by atoms with Crippen LogP contribution in [0, 0.1) is 0 Å². The van der Waals surface area contributed by atoms with E-state index in [0.29, 0.717) is 6.04 Å². The molecule has 1 aliphatic heterocycles. The van der Waals surface area contributed by atoms with Gasteiger partial charge < -0.3 is 10.2 Å². The zero-order valence-electron chi connectivity index (χ0n) is 12.1. The molecule has 2 rings (SSSR count). The molecule has 1 heterocycles. The predicted octanol–water partition coefficient (Wildman–Crippen LogP) is 2.30. The molecular formula is C15H24BrN3. The van der Waals surface area contributed by atoms with Crippen molar-refractivity contribution >= 4 is 15.9 Å². The Hall–Kier alpha value is -0.420. The number of benzene rings is 1. The third-order valence-electron chi connectivity index (χ3n) is 3.84. The maximum Gasteiger partial charge on any atom is 0.0248 e. The van der Waals surface area contributed by atoms with Crippen LogP contribution < -0.4 is 5.32 Å². The van der Waals surface area contributed by atoms with E-state index in [1.807, 2.05) is 7.05 Å². The van der Waals surface area contributed by atoms with Crippen molar-refractivity contribution in [2.24, 2.45) is 0 Å². The minimum Gasteiger partial charge on any atom is -0.316 e. The van der Waals surface area contributed by atoms with Crippen molar-refractivity contribution in [3.8, 4) is 0 Å². The molecule has 1 unspecified atom stereocenters. The van der Waals surface area contributed by atoms with E-state index in [2.05, 4.69) is 63.2 Å². The number of nitrogens with one attached hydrogen (secondary N) is 1. The van der Waals surface area contributed by atoms with Crippen LogP contribution in [0.15, 0.2) is 22.7 Å². The standard InChI is InChI=1S/C15H24BrN3/c1-12-10-18(3)6-7-19(12)11-14-5-4-13(9-17-2)8-15(14)16/h4-5,8,12,17H,6-7,9-11H2,1-3H3. The van der Waals surface area contributed by atoms with Crippen molar-refractivity contribution in [3.05, 3.63) is 33.8 Å². The lowest BCUT2D eigenvalue weighted by Gasteiger charge is -2.38. The van der Waals surface area contributed by atoms with Gasteiger partial charge in [-0.25, -0.2) is 0 Å². The van der Waals surface area contributed by atoms with Crippen LogP contribution in [0.5, 0.6) is 0 Å². The van der Waals surface area contributed by atoms with Crippen molar-refractivity contribution in [1.82, 2.24) is 15.1 Å². The van der Waals surface area contributed by atoms with Gasteiger partial charge in [0.05, 0.1) is 0 Å². The van der Waals surface area contributed by atoms with Gasteiger partial charge in [0.2, 0.25) is 0 Å². The highest BCUT2D eigenvalue weighted by Crippen LogP contribution is 2.22. The Kier molecular flexibility index (Phi) is 5.39. The summed E-state index contributed by atoms with van der Waals surface area (Å²) in [4.78, 5) is 4.98. The van der Waals surface area contributed by atoms with Gasteiger partial charge in [-0.2, -0.15) is 0 Å². The van der Waals surface area contributed by atoms with E-state index in [1.165, 1.54) is 22.1 Å². The summed E-state index contributed by atoms with van der Waals surface area (Å²) in [6.45, 7) is 7.76. The number of rotatable bonds is 4. The first-order chi connectivity index (χ1) is 9.10. The van der Waals surface area contributed by atoms with E-state index in [9.17, 15) is 0 Å². The Morgan fingerprint density at radius 3 is 2.79 bits per heavy atom. The number of hydrogen-bond acceptors (Lipinski definition) is 3. The maximum absolute atomic E-state index is 3.71. The van der Waals surface area contributed by atoms with Crippen molar-refractivity contribution < 1.29 is 0 Å². The van der Waals surface area contributed by atoms with Crippen LogP contribution in [-0.4, -0.2) is 49.6 Å². The summed E-state index contributed by atoms with van der Waals surface area (Å²) in [5, 5.41) is 3.19. The summed E-state index contributed by atoms with van der Waals surface area (Å²) in [7, 11) is 4.18. The zero-order chi connectivity index (χ0) is 13.8. The highest BCUT2D eigenvalue weighted by molar-refractivity contribution is 9.10. The van der Waals surface area contributed by atoms with Gasteiger partial charge in [-0.1, -0.05) is 28.1 Å². The zero-order valence-corrected chi connectivity index (χ0v) is 13.7. The van der Waals surface area contributed by atoms with Crippen LogP contribution in [0.2, 0.25) is 0 Å². The topological polar surface area (TPSA) is 18.5 Å². The molecule has 1 atom stereocenters. The van der Waals surface area contributed by atoms with Gasteiger partial charge in [-0.15, -0.1) is 0 Å². The molecule has 0 spiro atoms. The van der Waals surface area contributed by atoms with E-state index >= 15 is 0 Å². The Bertz CT molecular complexity index is 422. The third-order valence-corrected chi connectivity index (χ3v) is 4.58. The van der Waals surface area contributed by atoms with Gasteiger partial charge in [-0.05, 0) is 38.2 Å². The summed E-state index contributed by atoms with van der Waals surface area (Å²) in [5.74, 6) is 0. The highest BCUT2D eigenvalue weighted by Gasteiger charge is 2.21. The number of nitrogens with zero attached hydrogens (tertiary/aromatic N) is 2. The molecule has 1 N–H and O–H groups in total. The fourth-order valence-corrected chi connectivity index (χ4v) is 3.22. The second-order valence-electron chi connectivity index (χ2n) is 5.54. The smallest absolute Gasteiger partial charge is 0.0248 e. The van der Waals surface area contributed by atoms with E-state index in [4.69, 9.17) is 0 Å². The SMILES string of the molecule is CNCc1ccc(CN2CCN(C)CC2C)c(Br)c1. The Morgan fingerprint density at radius 1 is 1.37 bits per heavy atom. The average Bonchev–Trinajstić information content (AvgIpc) is 2.36. The lowest BCUT2D eigenvalue weighted by atomic mass is 10.1. The van der Waals surface area contributed by atoms with Gasteiger partial charge >= 0.3 is 0 Å². The van der Waals surface area contributed by atoms with E-state index in [0.717, 1.165) is 26.2 Å². The average molecular weight is 326 g/mol. The van der Waals surface area contributed by atoms with Gasteiger partial charge in [0, 0.05) is 43.2 Å². The minimum atomic E-state index is 0.627. The Labute approximate surface area is 125 Å². The molecule has 19 heavy (non-hydrogen) atoms. The summed E-state index contributed by atoms with van der Waals surface area (Å²) >= 11 is 3.71. The van der Waals surface area contributed by atoms with Gasteiger partial charge in [0.1, 0.15) is 0 Å². The molecule has 1 aromatic carbocycles. The van der Waals surface area contributed by atoms with Gasteiger partial charge in [0.25, 0.3) is 0 Å². The number of halogens is 1. The van der Waals surface area contributed by atoms with Crippen LogP contribution in [-0.2, 0) is 13.1 Å². The monoisotopic (exact) mass is 325 g/mol. The number of likely N-dealkylation sites (N-methyl/N-ethyl adjacent to an activating group) is 1. The molecule has 1 saturated heterocycles. The largest absolute Gasteiger partial charge is 0.316 e. The van der Waals surface area contributed by atoms with Crippen LogP contribution in [0.25, 0.3) is 0 Å². The number of hydrogen-bond donors (Lipinski definition) is 1. The van der Waals surface area contributed by atoms with Crippen molar-refractivity contribution in [2.75, 3.05) is 33.7 Å². The minimum absolute atomic E-state index is 0.627. The van der Waals surface area contributed by atoms with Crippen molar-refractivity contribution in [1.29, 1.82) is 0 Å². The number of piperazine rings is 1. The lowest BCUT2D eigenvalue weighted by molar-refractivity contribution is 0.0936. The lowest BCUT2D eigenvalue weighted by Crippen LogP contribution is -2.49. The van der Waals surface area contributed by atoms with Gasteiger partial charge in [-0.3, -0.25) is 4.90 Å². The van der Waals surface area contributed by atoms with Crippen molar-refractivity contribution in [2.45, 2.75) is 26.1 Å². The van der Waals surface area contributed by atoms with E-state index < -0.39 is 0 Å². The molecule has 0 amide bonds. The molecule has 106 valence electrons. The molecule has 3 nitrogen and oxygen atoms in total. The molecule has 4 heteroatoms. The first-order valence-electron chi connectivity index (χ1n) is 6.94. The summed E-state index contributed by atoms with van der Waals surface area (Å²) in [6, 6.07) is 7.33. The summed E-state index contributed by atoms with van der Waals surface area (Å²) in [5.41, 5.74) is 2.71. The van der Waals surface area contributed by atoms with Crippen LogP contribution in [0.3, 0.4) is 0 Å². The van der Waals surface area contributed by atoms with Crippen molar-refractivity contribution in [3.63, 3.8) is 0 Å². The molecule has 1 aliphatic rings. The Morgan fingerprint density at radius 2 is 2.16 bits per heavy atom. The second-order valence-corrected chi connectivity index (χ2v) is 6.39. The van der Waals surface area contributed by atoms with Gasteiger partial charge in [0.15, 0.2) is 0 Å². The quantitative estimate of drug-likeness (QED) is 0.916. The molecule has 1 aromatic rings. The maximum atomic E-state index is 3.71. The first-order valence-corrected chi connectivity index (χ1v) is 7.74. The predicted molar refractivity (Wildman–Crippen MR) is 84.3 cm³/mol. The van der Waals surface area contributed by atoms with E-state index in [-0.39, 0.29) is 0 Å². The fraction of sp³-hybridized carbons (Fsp3) is 0.600.